The molecule has 0 radical (unpaired) electrons. The molecular formula is C12H17N3O6PS+. The Labute approximate surface area is 133 Å². The quantitative estimate of drug-likeness (QED) is 0.429. The number of carbonyl (C=O) groups excluding carboxylic acids is 1. The molecule has 0 atom stereocenters. The van der Waals surface area contributed by atoms with E-state index in [1.807, 2.05) is 4.72 Å². The van der Waals surface area contributed by atoms with Gasteiger partial charge in [0.25, 0.3) is 0 Å². The van der Waals surface area contributed by atoms with Gasteiger partial charge in [0, 0.05) is 0 Å². The van der Waals surface area contributed by atoms with Gasteiger partial charge in [-0.25, -0.2) is 0 Å². The summed E-state index contributed by atoms with van der Waals surface area (Å²) >= 11 is 0. The van der Waals surface area contributed by atoms with Crippen molar-refractivity contribution in [1.29, 1.82) is 0 Å². The van der Waals surface area contributed by atoms with E-state index in [0.29, 0.717) is 10.9 Å². The summed E-state index contributed by atoms with van der Waals surface area (Å²) in [4.78, 5) is 31.8. The average Bonchev–Trinajstić information content (AvgIpc) is 2.44. The van der Waals surface area contributed by atoms with E-state index in [0.717, 1.165) is 10.9 Å². The van der Waals surface area contributed by atoms with Crippen LogP contribution in [0.5, 0.6) is 0 Å². The molecular weight excluding hydrogens is 345 g/mol. The third kappa shape index (κ3) is 4.40. The van der Waals surface area contributed by atoms with Crippen LogP contribution < -0.4 is 14.7 Å². The number of sulfonamides is 1. The molecule has 0 saturated carbocycles. The van der Waals surface area contributed by atoms with Gasteiger partial charge in [0.05, 0.1) is 0 Å². The zero-order chi connectivity index (χ0) is 17.3. The number of hydrogen-bond donors (Lipinski definition) is 3. The number of carbonyl (C=O) groups is 1. The van der Waals surface area contributed by atoms with Gasteiger partial charge in [-0.3, -0.25) is 0 Å². The summed E-state index contributed by atoms with van der Waals surface area (Å²) in [5.41, 5.74) is 0.411. The minimum absolute atomic E-state index is 0.109. The van der Waals surface area contributed by atoms with Gasteiger partial charge in [0.1, 0.15) is 0 Å². The van der Waals surface area contributed by atoms with E-state index in [4.69, 9.17) is 4.52 Å². The summed E-state index contributed by atoms with van der Waals surface area (Å²) in [6.45, 7) is -0.404. The van der Waals surface area contributed by atoms with Gasteiger partial charge in [-0.15, -0.1) is 0 Å². The average molecular weight is 362 g/mol. The molecule has 0 saturated heterocycles. The molecule has 0 spiro atoms. The van der Waals surface area contributed by atoms with Crippen molar-refractivity contribution < 1.29 is 32.2 Å². The summed E-state index contributed by atoms with van der Waals surface area (Å²) < 4.78 is 29.9. The molecule has 0 unspecified atom stereocenters. The number of hydrogen-bond acceptors (Lipinski definition) is 7. The Morgan fingerprint density at radius 3 is 2.65 bits per heavy atom. The Hall–Kier alpha value is -1.71. The second-order valence-corrected chi connectivity index (χ2v) is 8.78. The van der Waals surface area contributed by atoms with Crippen LogP contribution in [0.1, 0.15) is 0 Å². The molecule has 0 aliphatic heterocycles. The Kier molecular flexibility index (Phi) is 4.92. The SMILES string of the molecule is CO[PH](O)(O)c1c[n+](CC(=O)NS(C)(=O)=O)nc2ccccc12. The van der Waals surface area contributed by atoms with Gasteiger partial charge in [0.2, 0.25) is 0 Å². The molecule has 2 rings (SSSR count). The third-order valence-corrected chi connectivity index (χ3v) is 5.22. The molecule has 1 aromatic carbocycles. The molecule has 23 heavy (non-hydrogen) atoms. The zero-order valence-corrected chi connectivity index (χ0v) is 14.2. The minimum atomic E-state index is -4.16. The molecule has 3 N–H and O–H groups in total. The number of fused-ring (bicyclic) bond motifs is 1. The van der Waals surface area contributed by atoms with Gasteiger partial charge >= 0.3 is 132 Å². The Bertz CT molecular complexity index is 855. The van der Waals surface area contributed by atoms with Crippen molar-refractivity contribution in [1.82, 2.24) is 9.82 Å². The van der Waals surface area contributed by atoms with Crippen molar-refractivity contribution in [3.8, 4) is 0 Å². The topological polar surface area (TPSA) is 130 Å². The van der Waals surface area contributed by atoms with Crippen LogP contribution in [0.15, 0.2) is 30.5 Å². The van der Waals surface area contributed by atoms with Crippen molar-refractivity contribution in [3.05, 3.63) is 30.5 Å². The predicted molar refractivity (Wildman–Crippen MR) is 84.3 cm³/mol. The molecule has 9 nitrogen and oxygen atoms in total. The van der Waals surface area contributed by atoms with Gasteiger partial charge in [0.15, 0.2) is 0 Å². The fourth-order valence-corrected chi connectivity index (χ4v) is 3.59. The summed E-state index contributed by atoms with van der Waals surface area (Å²) in [7, 11) is -6.67. The van der Waals surface area contributed by atoms with Gasteiger partial charge < -0.3 is 0 Å². The molecule has 2 aromatic rings. The van der Waals surface area contributed by atoms with Crippen LogP contribution >= 0.6 is 7.94 Å². The number of nitrogens with zero attached hydrogens (tertiary/aromatic N) is 2. The van der Waals surface area contributed by atoms with E-state index in [1.165, 1.54) is 13.3 Å². The third-order valence-electron chi connectivity index (χ3n) is 2.95. The molecule has 1 heterocycles. The van der Waals surface area contributed by atoms with E-state index in [2.05, 4.69) is 5.10 Å². The van der Waals surface area contributed by atoms with Gasteiger partial charge in [-0.05, 0) is 0 Å². The van der Waals surface area contributed by atoms with Crippen molar-refractivity contribution in [2.45, 2.75) is 6.54 Å². The summed E-state index contributed by atoms with van der Waals surface area (Å²) in [5, 5.41) is 4.75. The van der Waals surface area contributed by atoms with Crippen LogP contribution in [0.4, 0.5) is 0 Å². The molecule has 1 aromatic heterocycles. The van der Waals surface area contributed by atoms with E-state index in [1.54, 1.807) is 24.3 Å². The van der Waals surface area contributed by atoms with E-state index >= 15 is 0 Å². The number of nitrogens with one attached hydrogen (secondary N) is 1. The molecule has 11 heteroatoms. The zero-order valence-electron chi connectivity index (χ0n) is 12.4. The van der Waals surface area contributed by atoms with E-state index in [-0.39, 0.29) is 5.30 Å². The van der Waals surface area contributed by atoms with Crippen LogP contribution in [0.25, 0.3) is 10.9 Å². The number of rotatable bonds is 5. The maximum atomic E-state index is 11.7. The van der Waals surface area contributed by atoms with Crippen LogP contribution in [-0.2, 0) is 25.9 Å². The predicted octanol–water partition coefficient (Wildman–Crippen LogP) is -1.65. The second-order valence-electron chi connectivity index (χ2n) is 4.87. The maximum absolute atomic E-state index is 11.7. The van der Waals surface area contributed by atoms with Gasteiger partial charge in [-0.2, -0.15) is 0 Å². The summed E-state index contributed by atoms with van der Waals surface area (Å²) in [6, 6.07) is 6.68. The normalized spacial score (nSPS) is 13.0. The number of aromatic nitrogens is 2. The number of benzene rings is 1. The molecule has 126 valence electrons. The number of amides is 1. The van der Waals surface area contributed by atoms with Crippen LogP contribution in [-0.4, -0.2) is 42.6 Å². The molecule has 0 aliphatic carbocycles. The molecule has 0 bridgehead atoms. The van der Waals surface area contributed by atoms with Crippen LogP contribution in [0.3, 0.4) is 0 Å². The second kappa shape index (κ2) is 6.42. The standard InChI is InChI=1S/C12H16N3O6PS/c1-21-22(17,18)11-7-15(8-12(16)14-23(2,19)20)13-10-6-4-3-5-9(10)11/h3-7,17-18,22H,8H2,1-2H3/p+1. The first-order chi connectivity index (χ1) is 10.6. The van der Waals surface area contributed by atoms with Crippen molar-refractivity contribution in [2.24, 2.45) is 0 Å². The Balaban J connectivity index is 2.48. The first-order valence-electron chi connectivity index (χ1n) is 6.43. The molecule has 1 amide bonds. The first-order valence-corrected chi connectivity index (χ1v) is 10.1. The van der Waals surface area contributed by atoms with Crippen molar-refractivity contribution in [2.75, 3.05) is 13.4 Å². The first kappa shape index (κ1) is 17.6. The van der Waals surface area contributed by atoms with Crippen LogP contribution in [0, 0.1) is 0 Å². The fraction of sp³-hybridized carbons (Fsp3) is 0.250. The molecule has 0 aliphatic rings. The Morgan fingerprint density at radius 2 is 2.04 bits per heavy atom. The fourth-order valence-electron chi connectivity index (χ4n) is 2.01. The monoisotopic (exact) mass is 362 g/mol. The van der Waals surface area contributed by atoms with Crippen molar-refractivity contribution >= 4 is 40.1 Å². The summed E-state index contributed by atoms with van der Waals surface area (Å²) in [5.74, 6) is -0.799. The van der Waals surface area contributed by atoms with E-state index in [9.17, 15) is 23.0 Å². The van der Waals surface area contributed by atoms with E-state index < -0.39 is 30.4 Å². The van der Waals surface area contributed by atoms with Gasteiger partial charge in [-0.1, -0.05) is 0 Å². The molecule has 0 fully saturated rings. The Morgan fingerprint density at radius 1 is 1.39 bits per heavy atom. The van der Waals surface area contributed by atoms with Crippen LogP contribution in [0.2, 0.25) is 0 Å². The summed E-state index contributed by atoms with van der Waals surface area (Å²) in [6.07, 6.45) is 2.12. The van der Waals surface area contributed by atoms with Crippen molar-refractivity contribution in [3.63, 3.8) is 0 Å².